The van der Waals surface area contributed by atoms with E-state index in [4.69, 9.17) is 11.6 Å². The maximum atomic E-state index is 14.2. The Kier molecular flexibility index (Phi) is 4.90. The average molecular weight is 375 g/mol. The Morgan fingerprint density at radius 2 is 2.00 bits per heavy atom. The second-order valence-electron chi connectivity index (χ2n) is 6.28. The Balaban J connectivity index is 1.54. The van der Waals surface area contributed by atoms with E-state index in [-0.39, 0.29) is 5.82 Å². The molecule has 26 heavy (non-hydrogen) atoms. The van der Waals surface area contributed by atoms with Crippen molar-refractivity contribution in [3.05, 3.63) is 58.5 Å². The molecule has 2 aliphatic heterocycles. The van der Waals surface area contributed by atoms with Gasteiger partial charge in [0, 0.05) is 51.3 Å². The normalized spacial score (nSPS) is 17.9. The van der Waals surface area contributed by atoms with E-state index < -0.39 is 0 Å². The Morgan fingerprint density at radius 3 is 2.85 bits per heavy atom. The number of fused-ring (bicyclic) bond motifs is 1. The Hall–Kier alpha value is -2.38. The van der Waals surface area contributed by atoms with Gasteiger partial charge in [0.15, 0.2) is 5.82 Å². The van der Waals surface area contributed by atoms with Crippen molar-refractivity contribution in [3.63, 3.8) is 0 Å². The van der Waals surface area contributed by atoms with Crippen molar-refractivity contribution in [1.82, 2.24) is 30.8 Å². The molecule has 3 heterocycles. The predicted octanol–water partition coefficient (Wildman–Crippen LogP) is 1.66. The Labute approximate surface area is 156 Å². The average Bonchev–Trinajstić information content (AvgIpc) is 2.67. The van der Waals surface area contributed by atoms with Gasteiger partial charge in [-0.1, -0.05) is 11.6 Å². The van der Waals surface area contributed by atoms with E-state index in [2.05, 4.69) is 30.8 Å². The molecule has 2 aliphatic rings. The van der Waals surface area contributed by atoms with Gasteiger partial charge in [0.05, 0.1) is 28.5 Å². The minimum absolute atomic E-state index is 0.291. The largest absolute Gasteiger partial charge is 0.384 e. The Morgan fingerprint density at radius 1 is 1.19 bits per heavy atom. The number of aromatic nitrogens is 2. The molecule has 0 bridgehead atoms. The van der Waals surface area contributed by atoms with Crippen LogP contribution in [0.3, 0.4) is 0 Å². The number of benzene rings is 1. The highest BCUT2D eigenvalue weighted by Crippen LogP contribution is 2.24. The fourth-order valence-corrected chi connectivity index (χ4v) is 3.59. The van der Waals surface area contributed by atoms with E-state index in [0.717, 1.165) is 48.2 Å². The molecule has 0 unspecified atom stereocenters. The van der Waals surface area contributed by atoms with Gasteiger partial charge in [-0.3, -0.25) is 4.98 Å². The highest BCUT2D eigenvalue weighted by Gasteiger charge is 2.22. The molecule has 0 aliphatic carbocycles. The first-order valence-corrected chi connectivity index (χ1v) is 9.01. The van der Waals surface area contributed by atoms with Gasteiger partial charge in [-0.05, 0) is 17.7 Å². The third kappa shape index (κ3) is 3.45. The minimum Gasteiger partial charge on any atom is -0.384 e. The summed E-state index contributed by atoms with van der Waals surface area (Å²) in [5.74, 6) is -0.362. The molecule has 1 fully saturated rings. The summed E-state index contributed by atoms with van der Waals surface area (Å²) in [5, 5.41) is 10.7. The molecule has 0 amide bonds. The summed E-state index contributed by atoms with van der Waals surface area (Å²) < 4.78 is 14.2. The molecule has 0 saturated carbocycles. The van der Waals surface area contributed by atoms with Crippen LogP contribution < -0.4 is 16.0 Å². The van der Waals surface area contributed by atoms with Crippen LogP contribution in [0.4, 0.5) is 4.39 Å². The number of hydrogen-bond donors (Lipinski definition) is 3. The van der Waals surface area contributed by atoms with Crippen LogP contribution in [-0.2, 0) is 6.54 Å². The molecule has 4 rings (SSSR count). The zero-order valence-electron chi connectivity index (χ0n) is 14.2. The highest BCUT2D eigenvalue weighted by atomic mass is 35.5. The molecule has 1 aromatic carbocycles. The summed E-state index contributed by atoms with van der Waals surface area (Å²) in [6.45, 7) is 4.77. The zero-order valence-corrected chi connectivity index (χ0v) is 15.0. The number of halogens is 2. The SMILES string of the molecule is Fc1cc(CNC2=CNCC(Cl)=C2N2CCNCC2)cc2nccnc12. The molecule has 0 spiro atoms. The van der Waals surface area contributed by atoms with Gasteiger partial charge in [0.25, 0.3) is 0 Å². The number of rotatable bonds is 4. The number of nitrogens with one attached hydrogen (secondary N) is 3. The lowest BCUT2D eigenvalue weighted by atomic mass is 10.1. The Bertz CT molecular complexity index is 875. The maximum Gasteiger partial charge on any atom is 0.151 e. The van der Waals surface area contributed by atoms with Gasteiger partial charge in [-0.15, -0.1) is 0 Å². The molecular formula is C18H20ClFN6. The molecule has 0 radical (unpaired) electrons. The summed E-state index contributed by atoms with van der Waals surface area (Å²) in [6, 6.07) is 3.35. The van der Waals surface area contributed by atoms with Gasteiger partial charge in [0.1, 0.15) is 5.52 Å². The number of dihydropyridines is 1. The third-order valence-corrected chi connectivity index (χ3v) is 4.83. The lowest BCUT2D eigenvalue weighted by Crippen LogP contribution is -2.45. The molecule has 0 atom stereocenters. The van der Waals surface area contributed by atoms with Crippen LogP contribution in [0, 0.1) is 5.82 Å². The lowest BCUT2D eigenvalue weighted by molar-refractivity contribution is 0.298. The van der Waals surface area contributed by atoms with Gasteiger partial charge < -0.3 is 20.9 Å². The zero-order chi connectivity index (χ0) is 17.9. The van der Waals surface area contributed by atoms with Crippen molar-refractivity contribution < 1.29 is 4.39 Å². The standard InChI is InChI=1S/C18H20ClFN6/c19-13-10-22-11-16(18(13)26-5-3-21-4-6-26)25-9-12-7-14(20)17-15(8-12)23-1-2-24-17/h1-2,7-8,11,21-22,25H,3-6,9-10H2. The van der Waals surface area contributed by atoms with Crippen molar-refractivity contribution in [3.8, 4) is 0 Å². The van der Waals surface area contributed by atoms with Gasteiger partial charge in [0.2, 0.25) is 0 Å². The van der Waals surface area contributed by atoms with Crippen LogP contribution in [-0.4, -0.2) is 47.6 Å². The van der Waals surface area contributed by atoms with Gasteiger partial charge in [-0.2, -0.15) is 0 Å². The first-order valence-electron chi connectivity index (χ1n) is 8.63. The van der Waals surface area contributed by atoms with Crippen molar-refractivity contribution >= 4 is 22.6 Å². The highest BCUT2D eigenvalue weighted by molar-refractivity contribution is 6.30. The van der Waals surface area contributed by atoms with Crippen LogP contribution >= 0.6 is 11.6 Å². The third-order valence-electron chi connectivity index (χ3n) is 4.52. The van der Waals surface area contributed by atoms with E-state index in [1.165, 1.54) is 12.3 Å². The van der Waals surface area contributed by atoms with Crippen LogP contribution in [0.15, 0.2) is 47.2 Å². The minimum atomic E-state index is -0.362. The smallest absolute Gasteiger partial charge is 0.151 e. The molecule has 1 saturated heterocycles. The van der Waals surface area contributed by atoms with Crippen molar-refractivity contribution in [2.75, 3.05) is 32.7 Å². The van der Waals surface area contributed by atoms with E-state index in [0.29, 0.717) is 24.1 Å². The number of piperazine rings is 1. The second kappa shape index (κ2) is 7.47. The fraction of sp³-hybridized carbons (Fsp3) is 0.333. The summed E-state index contributed by atoms with van der Waals surface area (Å²) in [7, 11) is 0. The van der Waals surface area contributed by atoms with Gasteiger partial charge in [-0.25, -0.2) is 9.37 Å². The molecule has 6 nitrogen and oxygen atoms in total. The molecular weight excluding hydrogens is 355 g/mol. The number of nitrogens with zero attached hydrogens (tertiary/aromatic N) is 3. The fourth-order valence-electron chi connectivity index (χ4n) is 3.29. The van der Waals surface area contributed by atoms with Crippen molar-refractivity contribution in [2.24, 2.45) is 0 Å². The van der Waals surface area contributed by atoms with E-state index >= 15 is 0 Å². The van der Waals surface area contributed by atoms with E-state index in [9.17, 15) is 4.39 Å². The molecule has 8 heteroatoms. The van der Waals surface area contributed by atoms with E-state index in [1.807, 2.05) is 12.3 Å². The second-order valence-corrected chi connectivity index (χ2v) is 6.74. The summed E-state index contributed by atoms with van der Waals surface area (Å²) in [4.78, 5) is 10.5. The molecule has 1 aromatic heterocycles. The van der Waals surface area contributed by atoms with Crippen LogP contribution in [0.1, 0.15) is 5.56 Å². The summed E-state index contributed by atoms with van der Waals surface area (Å²) in [6.07, 6.45) is 4.99. The summed E-state index contributed by atoms with van der Waals surface area (Å²) in [5.41, 5.74) is 3.59. The summed E-state index contributed by atoms with van der Waals surface area (Å²) >= 11 is 6.49. The van der Waals surface area contributed by atoms with Gasteiger partial charge >= 0.3 is 0 Å². The predicted molar refractivity (Wildman–Crippen MR) is 99.7 cm³/mol. The first-order chi connectivity index (χ1) is 12.7. The van der Waals surface area contributed by atoms with Crippen molar-refractivity contribution in [1.29, 1.82) is 0 Å². The molecule has 2 aromatic rings. The molecule has 136 valence electrons. The lowest BCUT2D eigenvalue weighted by Gasteiger charge is -2.35. The monoisotopic (exact) mass is 374 g/mol. The molecule has 3 N–H and O–H groups in total. The van der Waals surface area contributed by atoms with Crippen LogP contribution in [0.5, 0.6) is 0 Å². The van der Waals surface area contributed by atoms with Crippen LogP contribution in [0.25, 0.3) is 11.0 Å². The topological polar surface area (TPSA) is 65.1 Å². The first kappa shape index (κ1) is 17.1. The van der Waals surface area contributed by atoms with E-state index in [1.54, 1.807) is 6.20 Å². The van der Waals surface area contributed by atoms with Crippen molar-refractivity contribution in [2.45, 2.75) is 6.54 Å². The quantitative estimate of drug-likeness (QED) is 0.756. The van der Waals surface area contributed by atoms with Crippen LogP contribution in [0.2, 0.25) is 0 Å². The maximum absolute atomic E-state index is 14.2. The number of hydrogen-bond acceptors (Lipinski definition) is 6.